The SMILES string of the molecule is [2H]CC(=O)OC[C@H]1OC(n2cnc3c(C(=O)c4cccc(F)c4)ncnc32)[C@H](OC(=O)C[2H])[C@@H]1OC(=O)C[2H]. The van der Waals surface area contributed by atoms with Crippen LogP contribution in [0.4, 0.5) is 4.39 Å². The van der Waals surface area contributed by atoms with Crippen molar-refractivity contribution in [2.45, 2.75) is 45.2 Å². The standard InChI is InChI=1S/C23H21FN4O8/c1-11(29)33-8-16-20(34-12(2)30)21(35-13(3)31)23(36-16)28-10-27-18-17(25-9-26-22(18)28)19(32)14-5-4-6-15(24)7-14/h4-7,9-10,16,20-21,23H,8H2,1-3H3/t16-,20-,21-,23?/m1/s1/i1D,2D,3D. The van der Waals surface area contributed by atoms with Crippen molar-refractivity contribution in [3.63, 3.8) is 0 Å². The van der Waals surface area contributed by atoms with E-state index in [2.05, 4.69) is 15.0 Å². The predicted molar refractivity (Wildman–Crippen MR) is 117 cm³/mol. The molecule has 1 unspecified atom stereocenters. The number of hydrogen-bond acceptors (Lipinski definition) is 11. The second kappa shape index (κ2) is 10.2. The smallest absolute Gasteiger partial charge is 0.303 e. The lowest BCUT2D eigenvalue weighted by atomic mass is 10.1. The summed E-state index contributed by atoms with van der Waals surface area (Å²) in [6.07, 6.45) is -3.03. The zero-order chi connectivity index (χ0) is 28.1. The largest absolute Gasteiger partial charge is 0.463 e. The number of carbonyl (C=O) groups excluding carboxylic acids is 4. The van der Waals surface area contributed by atoms with Gasteiger partial charge in [-0.25, -0.2) is 19.3 Å². The molecule has 1 aromatic carbocycles. The third-order valence-corrected chi connectivity index (χ3v) is 5.16. The topological polar surface area (TPSA) is 149 Å². The number of nitrogens with zero attached hydrogens (tertiary/aromatic N) is 4. The van der Waals surface area contributed by atoms with Crippen molar-refractivity contribution >= 4 is 34.9 Å². The molecule has 1 aliphatic heterocycles. The quantitative estimate of drug-likeness (QED) is 0.262. The molecular weight excluding hydrogens is 479 g/mol. The Bertz CT molecular complexity index is 1410. The Kier molecular flexibility index (Phi) is 5.94. The van der Waals surface area contributed by atoms with Gasteiger partial charge in [0.15, 0.2) is 24.1 Å². The molecule has 13 heteroatoms. The molecule has 0 radical (unpaired) electrons. The molecule has 1 fully saturated rings. The maximum absolute atomic E-state index is 13.7. The Labute approximate surface area is 207 Å². The van der Waals surface area contributed by atoms with Gasteiger partial charge in [0.05, 0.1) is 6.33 Å². The summed E-state index contributed by atoms with van der Waals surface area (Å²) in [6, 6.07) is 4.99. The van der Waals surface area contributed by atoms with E-state index >= 15 is 0 Å². The Balaban J connectivity index is 1.75. The molecule has 188 valence electrons. The first kappa shape index (κ1) is 21.1. The number of imidazole rings is 1. The number of rotatable bonds is 7. The van der Waals surface area contributed by atoms with E-state index < -0.39 is 81.4 Å². The first-order chi connectivity index (χ1) is 18.8. The van der Waals surface area contributed by atoms with Crippen LogP contribution < -0.4 is 0 Å². The number of ether oxygens (including phenoxy) is 4. The van der Waals surface area contributed by atoms with Gasteiger partial charge in [0.1, 0.15) is 36.1 Å². The number of aromatic nitrogens is 4. The molecule has 0 N–H and O–H groups in total. The van der Waals surface area contributed by atoms with E-state index in [1.165, 1.54) is 29.1 Å². The summed E-state index contributed by atoms with van der Waals surface area (Å²) in [4.78, 5) is 61.1. The highest BCUT2D eigenvalue weighted by Gasteiger charge is 2.51. The zero-order valence-electron chi connectivity index (χ0n) is 21.5. The van der Waals surface area contributed by atoms with Crippen molar-refractivity contribution < 1.29 is 46.6 Å². The van der Waals surface area contributed by atoms with Crippen molar-refractivity contribution in [2.24, 2.45) is 0 Å². The van der Waals surface area contributed by atoms with Crippen LogP contribution in [0.25, 0.3) is 11.2 Å². The van der Waals surface area contributed by atoms with E-state index in [1.54, 1.807) is 0 Å². The van der Waals surface area contributed by atoms with Crippen LogP contribution in [-0.2, 0) is 33.3 Å². The van der Waals surface area contributed by atoms with E-state index in [0.29, 0.717) is 0 Å². The molecule has 2 aromatic heterocycles. The molecular formula is C23H21FN4O8. The molecule has 0 aliphatic carbocycles. The van der Waals surface area contributed by atoms with Crippen LogP contribution in [-0.4, -0.2) is 68.1 Å². The minimum absolute atomic E-state index is 0.00437. The molecule has 4 rings (SSSR count). The van der Waals surface area contributed by atoms with E-state index in [4.69, 9.17) is 23.1 Å². The Morgan fingerprint density at radius 2 is 1.81 bits per heavy atom. The lowest BCUT2D eigenvalue weighted by Crippen LogP contribution is -2.40. The molecule has 0 saturated carbocycles. The molecule has 3 heterocycles. The summed E-state index contributed by atoms with van der Waals surface area (Å²) in [6.45, 7) is -2.73. The minimum atomic E-state index is -1.41. The van der Waals surface area contributed by atoms with E-state index in [1.807, 2.05) is 0 Å². The van der Waals surface area contributed by atoms with Crippen molar-refractivity contribution in [3.05, 3.63) is 54.0 Å². The number of ketones is 1. The van der Waals surface area contributed by atoms with Crippen LogP contribution in [0.5, 0.6) is 0 Å². The van der Waals surface area contributed by atoms with E-state index in [9.17, 15) is 23.6 Å². The third-order valence-electron chi connectivity index (χ3n) is 5.16. The van der Waals surface area contributed by atoms with Crippen LogP contribution >= 0.6 is 0 Å². The van der Waals surface area contributed by atoms with Crippen molar-refractivity contribution in [3.8, 4) is 0 Å². The number of hydrogen-bond donors (Lipinski definition) is 0. The number of halogens is 1. The maximum atomic E-state index is 13.7. The van der Waals surface area contributed by atoms with Crippen LogP contribution in [0.2, 0.25) is 0 Å². The molecule has 0 amide bonds. The van der Waals surface area contributed by atoms with Gasteiger partial charge in [-0.1, -0.05) is 12.1 Å². The normalized spacial score (nSPS) is 22.3. The van der Waals surface area contributed by atoms with Crippen molar-refractivity contribution in [1.82, 2.24) is 19.5 Å². The maximum Gasteiger partial charge on any atom is 0.303 e. The van der Waals surface area contributed by atoms with E-state index in [-0.39, 0.29) is 22.4 Å². The second-order valence-electron chi connectivity index (χ2n) is 7.54. The fourth-order valence-corrected chi connectivity index (χ4v) is 3.78. The highest BCUT2D eigenvalue weighted by atomic mass is 19.1. The number of esters is 3. The van der Waals surface area contributed by atoms with Gasteiger partial charge in [-0.05, 0) is 12.1 Å². The van der Waals surface area contributed by atoms with Crippen molar-refractivity contribution in [1.29, 1.82) is 0 Å². The number of benzene rings is 1. The van der Waals surface area contributed by atoms with Gasteiger partial charge in [0.2, 0.25) is 5.78 Å². The summed E-state index contributed by atoms with van der Waals surface area (Å²) in [5.41, 5.74) is -0.0940. The van der Waals surface area contributed by atoms with Crippen molar-refractivity contribution in [2.75, 3.05) is 6.61 Å². The van der Waals surface area contributed by atoms with Gasteiger partial charge in [0, 0.05) is 30.4 Å². The monoisotopic (exact) mass is 503 g/mol. The third kappa shape index (κ3) is 5.05. The summed E-state index contributed by atoms with van der Waals surface area (Å²) >= 11 is 0. The highest BCUT2D eigenvalue weighted by molar-refractivity contribution is 6.13. The van der Waals surface area contributed by atoms with Crippen LogP contribution in [0, 0.1) is 5.82 Å². The molecule has 1 aliphatic rings. The molecule has 0 bridgehead atoms. The molecule has 1 saturated heterocycles. The molecule has 3 aromatic rings. The van der Waals surface area contributed by atoms with Gasteiger partial charge >= 0.3 is 17.9 Å². The van der Waals surface area contributed by atoms with Gasteiger partial charge in [0.25, 0.3) is 0 Å². The Hall–Kier alpha value is -4.26. The zero-order valence-corrected chi connectivity index (χ0v) is 18.5. The lowest BCUT2D eigenvalue weighted by molar-refractivity contribution is -0.166. The molecule has 36 heavy (non-hydrogen) atoms. The molecule has 4 atom stereocenters. The summed E-state index contributed by atoms with van der Waals surface area (Å²) < 4.78 is 58.2. The number of carbonyl (C=O) groups is 4. The molecule has 12 nitrogen and oxygen atoms in total. The fraction of sp³-hybridized carbons (Fsp3) is 0.348. The van der Waals surface area contributed by atoms with Gasteiger partial charge in [-0.15, -0.1) is 0 Å². The predicted octanol–water partition coefficient (Wildman–Crippen LogP) is 1.52. The van der Waals surface area contributed by atoms with Gasteiger partial charge < -0.3 is 18.9 Å². The minimum Gasteiger partial charge on any atom is -0.463 e. The number of fused-ring (bicyclic) bond motifs is 1. The average molecular weight is 503 g/mol. The highest BCUT2D eigenvalue weighted by Crippen LogP contribution is 2.36. The summed E-state index contributed by atoms with van der Waals surface area (Å²) in [5, 5.41) is 0. The molecule has 0 spiro atoms. The van der Waals surface area contributed by atoms with Crippen LogP contribution in [0.15, 0.2) is 36.9 Å². The first-order valence-electron chi connectivity index (χ1n) is 12.4. The Morgan fingerprint density at radius 1 is 1.06 bits per heavy atom. The van der Waals surface area contributed by atoms with Crippen LogP contribution in [0.1, 0.15) is 47.1 Å². The second-order valence-corrected chi connectivity index (χ2v) is 7.54. The van der Waals surface area contributed by atoms with Gasteiger partial charge in [-0.3, -0.25) is 23.7 Å². The lowest BCUT2D eigenvalue weighted by Gasteiger charge is -2.23. The fourth-order valence-electron chi connectivity index (χ4n) is 3.78. The summed E-state index contributed by atoms with van der Waals surface area (Å²) in [5.74, 6) is -4.15. The Morgan fingerprint density at radius 3 is 2.53 bits per heavy atom. The van der Waals surface area contributed by atoms with E-state index in [0.717, 1.165) is 12.4 Å². The average Bonchev–Trinajstić information content (AvgIpc) is 3.52. The van der Waals surface area contributed by atoms with Gasteiger partial charge in [-0.2, -0.15) is 0 Å². The van der Waals surface area contributed by atoms with Crippen LogP contribution in [0.3, 0.4) is 0 Å². The first-order valence-corrected chi connectivity index (χ1v) is 10.3. The summed E-state index contributed by atoms with van der Waals surface area (Å²) in [7, 11) is 0.